The van der Waals surface area contributed by atoms with Crippen LogP contribution in [-0.2, 0) is 10.2 Å². The van der Waals surface area contributed by atoms with Crippen molar-refractivity contribution >= 4 is 34.0 Å². The lowest BCUT2D eigenvalue weighted by molar-refractivity contribution is 0.123. The molecule has 1 aliphatic heterocycles. The lowest BCUT2D eigenvalue weighted by atomic mass is 9.92. The van der Waals surface area contributed by atoms with Crippen molar-refractivity contribution in [2.24, 2.45) is 0 Å². The third-order valence-corrected chi connectivity index (χ3v) is 6.89. The Hall–Kier alpha value is -4.04. The van der Waals surface area contributed by atoms with Crippen LogP contribution in [0.25, 0.3) is 16.5 Å². The number of aromatic nitrogens is 2. The molecular weight excluding hydrogens is 490 g/mol. The Balaban J connectivity index is 1.52. The quantitative estimate of drug-likeness (QED) is 0.299. The first-order valence-electron chi connectivity index (χ1n) is 13.5. The number of amides is 2. The number of hydrogen-bond donors (Lipinski definition) is 2. The molecule has 4 aromatic rings. The Morgan fingerprint density at radius 3 is 2.44 bits per heavy atom. The molecule has 2 heterocycles. The van der Waals surface area contributed by atoms with Crippen LogP contribution in [0.15, 0.2) is 60.7 Å². The van der Waals surface area contributed by atoms with Gasteiger partial charge in [0.1, 0.15) is 11.6 Å². The van der Waals surface area contributed by atoms with E-state index in [0.29, 0.717) is 25.6 Å². The monoisotopic (exact) mass is 527 g/mol. The molecule has 0 unspecified atom stereocenters. The summed E-state index contributed by atoms with van der Waals surface area (Å²) in [7, 11) is 0. The molecular formula is C31H37N5O3. The van der Waals surface area contributed by atoms with E-state index in [2.05, 4.69) is 48.4 Å². The van der Waals surface area contributed by atoms with Crippen LogP contribution in [0.3, 0.4) is 0 Å². The van der Waals surface area contributed by atoms with E-state index < -0.39 is 0 Å². The summed E-state index contributed by atoms with van der Waals surface area (Å²) >= 11 is 0. The zero-order valence-electron chi connectivity index (χ0n) is 23.4. The van der Waals surface area contributed by atoms with E-state index in [-0.39, 0.29) is 11.4 Å². The molecule has 1 fully saturated rings. The lowest BCUT2D eigenvalue weighted by Gasteiger charge is -2.31. The van der Waals surface area contributed by atoms with Gasteiger partial charge in [-0.05, 0) is 44.2 Å². The van der Waals surface area contributed by atoms with Crippen molar-refractivity contribution in [3.8, 4) is 11.4 Å². The predicted octanol–water partition coefficient (Wildman–Crippen LogP) is 6.51. The maximum absolute atomic E-state index is 13.6. The van der Waals surface area contributed by atoms with Gasteiger partial charge in [0, 0.05) is 35.3 Å². The Labute approximate surface area is 229 Å². The molecule has 0 radical (unpaired) electrons. The van der Waals surface area contributed by atoms with E-state index in [0.717, 1.165) is 57.9 Å². The Bertz CT molecular complexity index is 1460. The predicted molar refractivity (Wildman–Crippen MR) is 158 cm³/mol. The second-order valence-electron chi connectivity index (χ2n) is 10.8. The fraction of sp³-hybridized carbons (Fsp3) is 0.355. The second-order valence-corrected chi connectivity index (χ2v) is 10.8. The first-order chi connectivity index (χ1) is 18.7. The van der Waals surface area contributed by atoms with E-state index in [9.17, 15) is 4.79 Å². The number of urea groups is 1. The number of benzene rings is 3. The van der Waals surface area contributed by atoms with Crippen molar-refractivity contribution in [3.05, 3.63) is 71.9 Å². The van der Waals surface area contributed by atoms with Gasteiger partial charge in [-0.15, -0.1) is 0 Å². The van der Waals surface area contributed by atoms with Crippen molar-refractivity contribution in [2.75, 3.05) is 48.4 Å². The number of ether oxygens (including phenoxy) is 2. The molecule has 0 saturated carbocycles. The standard InChI is InChI=1S/C31H37N5O3/c1-6-39-26-9-7-8-24-23(26)14-15-25(35-16-18-38-19-17-35)29(24)33-30(37)32-28-20-27(31(3,4)5)34-36(28)22-12-10-21(2)11-13-22/h7-15,20H,6,16-19H2,1-5H3,(H2,32,33,37). The van der Waals surface area contributed by atoms with Gasteiger partial charge in [0.15, 0.2) is 0 Å². The molecule has 8 nitrogen and oxygen atoms in total. The number of nitrogens with one attached hydrogen (secondary N) is 2. The van der Waals surface area contributed by atoms with Crippen LogP contribution in [0.1, 0.15) is 39.0 Å². The van der Waals surface area contributed by atoms with E-state index in [4.69, 9.17) is 14.6 Å². The van der Waals surface area contributed by atoms with Crippen LogP contribution in [0.5, 0.6) is 5.75 Å². The van der Waals surface area contributed by atoms with Gasteiger partial charge in [0.25, 0.3) is 0 Å². The Morgan fingerprint density at radius 2 is 1.74 bits per heavy atom. The molecule has 1 saturated heterocycles. The average molecular weight is 528 g/mol. The summed E-state index contributed by atoms with van der Waals surface area (Å²) in [6, 6.07) is 19.8. The third-order valence-electron chi connectivity index (χ3n) is 6.89. The number of carbonyl (C=O) groups is 1. The van der Waals surface area contributed by atoms with Crippen molar-refractivity contribution in [2.45, 2.75) is 40.0 Å². The summed E-state index contributed by atoms with van der Waals surface area (Å²) in [6.45, 7) is 13.7. The summed E-state index contributed by atoms with van der Waals surface area (Å²) in [6.07, 6.45) is 0. The Kier molecular flexibility index (Phi) is 7.48. The summed E-state index contributed by atoms with van der Waals surface area (Å²) in [5.74, 6) is 1.39. The van der Waals surface area contributed by atoms with E-state index >= 15 is 0 Å². The number of hydrogen-bond acceptors (Lipinski definition) is 5. The maximum atomic E-state index is 13.6. The van der Waals surface area contributed by atoms with Crippen molar-refractivity contribution in [1.29, 1.82) is 0 Å². The van der Waals surface area contributed by atoms with Crippen molar-refractivity contribution < 1.29 is 14.3 Å². The van der Waals surface area contributed by atoms with Crippen LogP contribution < -0.4 is 20.3 Å². The SMILES string of the molecule is CCOc1cccc2c(NC(=O)Nc3cc(C(C)(C)C)nn3-c3ccc(C)cc3)c(N3CCOCC3)ccc12. The van der Waals surface area contributed by atoms with Gasteiger partial charge < -0.3 is 19.7 Å². The first kappa shape index (κ1) is 26.6. The molecule has 204 valence electrons. The van der Waals surface area contributed by atoms with Gasteiger partial charge in [0.05, 0.1) is 42.6 Å². The van der Waals surface area contributed by atoms with Crippen LogP contribution in [0.2, 0.25) is 0 Å². The number of morpholine rings is 1. The van der Waals surface area contributed by atoms with Crippen LogP contribution in [0.4, 0.5) is 22.0 Å². The average Bonchev–Trinajstić information content (AvgIpc) is 3.34. The number of fused-ring (bicyclic) bond motifs is 1. The molecule has 3 aromatic carbocycles. The number of anilines is 3. The molecule has 39 heavy (non-hydrogen) atoms. The smallest absolute Gasteiger partial charge is 0.324 e. The van der Waals surface area contributed by atoms with Crippen LogP contribution >= 0.6 is 0 Å². The van der Waals surface area contributed by atoms with E-state index in [1.165, 1.54) is 0 Å². The van der Waals surface area contributed by atoms with Gasteiger partial charge in [0.2, 0.25) is 0 Å². The normalized spacial score (nSPS) is 13.9. The molecule has 0 atom stereocenters. The molecule has 0 bridgehead atoms. The fourth-order valence-corrected chi connectivity index (χ4v) is 4.78. The van der Waals surface area contributed by atoms with Gasteiger partial charge in [-0.2, -0.15) is 5.10 Å². The van der Waals surface area contributed by atoms with Crippen LogP contribution in [0, 0.1) is 6.92 Å². The van der Waals surface area contributed by atoms with E-state index in [1.54, 1.807) is 4.68 Å². The largest absolute Gasteiger partial charge is 0.493 e. The zero-order chi connectivity index (χ0) is 27.6. The summed E-state index contributed by atoms with van der Waals surface area (Å²) in [5.41, 5.74) is 4.44. The molecule has 2 amide bonds. The molecule has 1 aromatic heterocycles. The van der Waals surface area contributed by atoms with Gasteiger partial charge in [-0.3, -0.25) is 5.32 Å². The number of carbonyl (C=O) groups excluding carboxylic acids is 1. The molecule has 1 aliphatic rings. The van der Waals surface area contributed by atoms with Crippen molar-refractivity contribution in [1.82, 2.24) is 9.78 Å². The molecule has 2 N–H and O–H groups in total. The first-order valence-corrected chi connectivity index (χ1v) is 13.5. The number of rotatable bonds is 6. The number of nitrogens with zero attached hydrogens (tertiary/aromatic N) is 3. The Morgan fingerprint density at radius 1 is 1.00 bits per heavy atom. The topological polar surface area (TPSA) is 80.7 Å². The van der Waals surface area contributed by atoms with Gasteiger partial charge in [-0.25, -0.2) is 9.48 Å². The summed E-state index contributed by atoms with van der Waals surface area (Å²) < 4.78 is 13.3. The third kappa shape index (κ3) is 5.71. The van der Waals surface area contributed by atoms with Gasteiger partial charge >= 0.3 is 6.03 Å². The highest BCUT2D eigenvalue weighted by Gasteiger charge is 2.23. The lowest BCUT2D eigenvalue weighted by Crippen LogP contribution is -2.37. The zero-order valence-corrected chi connectivity index (χ0v) is 23.4. The maximum Gasteiger partial charge on any atom is 0.324 e. The molecule has 5 rings (SSSR count). The highest BCUT2D eigenvalue weighted by Crippen LogP contribution is 2.38. The van der Waals surface area contributed by atoms with Crippen molar-refractivity contribution in [3.63, 3.8) is 0 Å². The fourth-order valence-electron chi connectivity index (χ4n) is 4.78. The minimum Gasteiger partial charge on any atom is -0.493 e. The second kappa shape index (κ2) is 11.0. The number of aryl methyl sites for hydroxylation is 1. The minimum absolute atomic E-state index is 0.183. The van der Waals surface area contributed by atoms with E-state index in [1.807, 2.05) is 62.4 Å². The molecule has 8 heteroatoms. The summed E-state index contributed by atoms with van der Waals surface area (Å²) in [5, 5.41) is 13.0. The highest BCUT2D eigenvalue weighted by atomic mass is 16.5. The van der Waals surface area contributed by atoms with Gasteiger partial charge in [-0.1, -0.05) is 50.6 Å². The molecule has 0 aliphatic carbocycles. The highest BCUT2D eigenvalue weighted by molar-refractivity contribution is 6.11. The molecule has 0 spiro atoms. The minimum atomic E-state index is -0.340. The van der Waals surface area contributed by atoms with Crippen LogP contribution in [-0.4, -0.2) is 48.7 Å². The summed E-state index contributed by atoms with van der Waals surface area (Å²) in [4.78, 5) is 15.9.